The number of para-hydroxylation sites is 1. The van der Waals surface area contributed by atoms with Gasteiger partial charge in [-0.2, -0.15) is 4.98 Å². The van der Waals surface area contributed by atoms with Crippen LogP contribution < -0.4 is 10.2 Å². The first kappa shape index (κ1) is 14.1. The van der Waals surface area contributed by atoms with Crippen molar-refractivity contribution in [2.45, 2.75) is 32.2 Å². The highest BCUT2D eigenvalue weighted by Crippen LogP contribution is 2.19. The van der Waals surface area contributed by atoms with Crippen molar-refractivity contribution in [1.82, 2.24) is 15.5 Å². The van der Waals surface area contributed by atoms with E-state index in [1.807, 2.05) is 6.92 Å². The number of aromatic nitrogens is 2. The maximum Gasteiger partial charge on any atom is 0.227 e. The molecule has 5 nitrogen and oxygen atoms in total. The van der Waals surface area contributed by atoms with Crippen LogP contribution in [0.25, 0.3) is 0 Å². The van der Waals surface area contributed by atoms with E-state index in [9.17, 15) is 0 Å². The molecule has 1 fully saturated rings. The van der Waals surface area contributed by atoms with Gasteiger partial charge < -0.3 is 14.7 Å². The molecule has 2 aromatic rings. The van der Waals surface area contributed by atoms with E-state index >= 15 is 0 Å². The van der Waals surface area contributed by atoms with E-state index in [0.717, 1.165) is 44.2 Å². The van der Waals surface area contributed by atoms with Crippen LogP contribution in [-0.4, -0.2) is 35.8 Å². The summed E-state index contributed by atoms with van der Waals surface area (Å²) in [4.78, 5) is 6.76. The lowest BCUT2D eigenvalue weighted by molar-refractivity contribution is 0.368. The minimum Gasteiger partial charge on any atom is -0.370 e. The zero-order valence-electron chi connectivity index (χ0n) is 12.5. The Morgan fingerprint density at radius 2 is 2.19 bits per heavy atom. The fraction of sp³-hybridized carbons (Fsp3) is 0.500. The molecule has 1 aliphatic rings. The van der Waals surface area contributed by atoms with Crippen molar-refractivity contribution in [2.24, 2.45) is 0 Å². The maximum absolute atomic E-state index is 5.20. The zero-order valence-corrected chi connectivity index (χ0v) is 12.5. The van der Waals surface area contributed by atoms with Crippen LogP contribution in [0, 0.1) is 0 Å². The van der Waals surface area contributed by atoms with Gasteiger partial charge in [0.1, 0.15) is 0 Å². The van der Waals surface area contributed by atoms with Crippen LogP contribution in [0.1, 0.15) is 25.1 Å². The second kappa shape index (κ2) is 6.72. The highest BCUT2D eigenvalue weighted by Gasteiger charge is 2.22. The van der Waals surface area contributed by atoms with E-state index in [-0.39, 0.29) is 0 Å². The Bertz CT molecular complexity index is 554. The molecule has 2 heterocycles. The van der Waals surface area contributed by atoms with Crippen molar-refractivity contribution < 1.29 is 4.52 Å². The number of hydrogen-bond donors (Lipinski definition) is 1. The molecule has 1 unspecified atom stereocenters. The third-order valence-electron chi connectivity index (χ3n) is 3.91. The van der Waals surface area contributed by atoms with E-state index in [4.69, 9.17) is 4.52 Å². The summed E-state index contributed by atoms with van der Waals surface area (Å²) in [5, 5.41) is 7.50. The monoisotopic (exact) mass is 286 g/mol. The van der Waals surface area contributed by atoms with Crippen molar-refractivity contribution in [3.05, 3.63) is 42.0 Å². The average Bonchev–Trinajstić information content (AvgIpc) is 3.17. The summed E-state index contributed by atoms with van der Waals surface area (Å²) in [7, 11) is 0. The van der Waals surface area contributed by atoms with E-state index < -0.39 is 0 Å². The highest BCUT2D eigenvalue weighted by atomic mass is 16.5. The molecule has 0 saturated carbocycles. The number of rotatable bonds is 6. The summed E-state index contributed by atoms with van der Waals surface area (Å²) >= 11 is 0. The molecule has 21 heavy (non-hydrogen) atoms. The Balaban J connectivity index is 1.43. The molecule has 0 radical (unpaired) electrons. The molecule has 112 valence electrons. The number of nitrogens with one attached hydrogen (secondary N) is 1. The number of hydrogen-bond acceptors (Lipinski definition) is 5. The third-order valence-corrected chi connectivity index (χ3v) is 3.91. The Morgan fingerprint density at radius 3 is 2.95 bits per heavy atom. The zero-order chi connectivity index (χ0) is 14.5. The first-order chi connectivity index (χ1) is 10.3. The molecule has 0 aliphatic carbocycles. The second-order valence-electron chi connectivity index (χ2n) is 5.43. The van der Waals surface area contributed by atoms with Crippen molar-refractivity contribution >= 4 is 5.69 Å². The van der Waals surface area contributed by atoms with Crippen molar-refractivity contribution in [3.8, 4) is 0 Å². The smallest absolute Gasteiger partial charge is 0.227 e. The number of benzene rings is 1. The van der Waals surface area contributed by atoms with Gasteiger partial charge in [-0.25, -0.2) is 0 Å². The minimum absolute atomic E-state index is 0.541. The van der Waals surface area contributed by atoms with Crippen LogP contribution in [0.5, 0.6) is 0 Å². The number of nitrogens with zero attached hydrogens (tertiary/aromatic N) is 3. The number of anilines is 1. The van der Waals surface area contributed by atoms with E-state index in [1.54, 1.807) is 0 Å². The summed E-state index contributed by atoms with van der Waals surface area (Å²) in [6.45, 7) is 5.10. The summed E-state index contributed by atoms with van der Waals surface area (Å²) in [5.74, 6) is 1.53. The first-order valence-electron chi connectivity index (χ1n) is 7.70. The Labute approximate surface area is 125 Å². The van der Waals surface area contributed by atoms with Crippen LogP contribution in [0.3, 0.4) is 0 Å². The van der Waals surface area contributed by atoms with Crippen molar-refractivity contribution in [3.63, 3.8) is 0 Å². The molecular formula is C16H22N4O. The molecule has 1 aliphatic heterocycles. The van der Waals surface area contributed by atoms with Gasteiger partial charge >= 0.3 is 0 Å². The second-order valence-corrected chi connectivity index (χ2v) is 5.43. The molecule has 3 rings (SSSR count). The molecule has 5 heteroatoms. The van der Waals surface area contributed by atoms with Gasteiger partial charge in [-0.05, 0) is 18.6 Å². The lowest BCUT2D eigenvalue weighted by atomic mass is 10.2. The standard InChI is InChI=1S/C16H22N4O/c1-2-15-18-16(21-19-15)8-10-17-13-9-11-20(12-13)14-6-4-3-5-7-14/h3-7,13,17H,2,8-12H2,1H3. The maximum atomic E-state index is 5.20. The van der Waals surface area contributed by atoms with Crippen LogP contribution in [0.4, 0.5) is 5.69 Å². The largest absolute Gasteiger partial charge is 0.370 e. The van der Waals surface area contributed by atoms with Gasteiger partial charge in [0.05, 0.1) is 0 Å². The lowest BCUT2D eigenvalue weighted by Crippen LogP contribution is -2.33. The van der Waals surface area contributed by atoms with Crippen molar-refractivity contribution in [1.29, 1.82) is 0 Å². The minimum atomic E-state index is 0.541. The quantitative estimate of drug-likeness (QED) is 0.880. The number of aryl methyl sites for hydroxylation is 1. The fourth-order valence-electron chi connectivity index (χ4n) is 2.72. The predicted molar refractivity (Wildman–Crippen MR) is 82.4 cm³/mol. The summed E-state index contributed by atoms with van der Waals surface area (Å²) in [6, 6.07) is 11.1. The molecule has 0 amide bonds. The topological polar surface area (TPSA) is 54.2 Å². The van der Waals surface area contributed by atoms with E-state index in [0.29, 0.717) is 6.04 Å². The van der Waals surface area contributed by atoms with Crippen LogP contribution in [0.15, 0.2) is 34.9 Å². The van der Waals surface area contributed by atoms with E-state index in [1.165, 1.54) is 12.1 Å². The van der Waals surface area contributed by atoms with Gasteiger partial charge in [0.15, 0.2) is 5.82 Å². The van der Waals surface area contributed by atoms with Gasteiger partial charge in [0.2, 0.25) is 5.89 Å². The molecule has 1 aromatic heterocycles. The molecule has 0 bridgehead atoms. The van der Waals surface area contributed by atoms with Gasteiger partial charge in [-0.15, -0.1) is 0 Å². The molecule has 1 atom stereocenters. The fourth-order valence-corrected chi connectivity index (χ4v) is 2.72. The Kier molecular flexibility index (Phi) is 4.50. The highest BCUT2D eigenvalue weighted by molar-refractivity contribution is 5.47. The Hall–Kier alpha value is -1.88. The van der Waals surface area contributed by atoms with Gasteiger partial charge in [0.25, 0.3) is 0 Å². The Morgan fingerprint density at radius 1 is 1.33 bits per heavy atom. The van der Waals surface area contributed by atoms with Gasteiger partial charge in [-0.3, -0.25) is 0 Å². The van der Waals surface area contributed by atoms with Crippen molar-refractivity contribution in [2.75, 3.05) is 24.5 Å². The summed E-state index contributed by atoms with van der Waals surface area (Å²) in [5.41, 5.74) is 1.31. The molecule has 1 N–H and O–H groups in total. The summed E-state index contributed by atoms with van der Waals surface area (Å²) < 4.78 is 5.20. The van der Waals surface area contributed by atoms with Gasteiger partial charge in [0, 0.05) is 44.2 Å². The first-order valence-corrected chi connectivity index (χ1v) is 7.70. The molecular weight excluding hydrogens is 264 g/mol. The molecule has 1 saturated heterocycles. The average molecular weight is 286 g/mol. The SMILES string of the molecule is CCc1noc(CCNC2CCN(c3ccccc3)C2)n1. The lowest BCUT2D eigenvalue weighted by Gasteiger charge is -2.18. The molecule has 1 aromatic carbocycles. The normalized spacial score (nSPS) is 18.3. The van der Waals surface area contributed by atoms with Crippen LogP contribution >= 0.6 is 0 Å². The van der Waals surface area contributed by atoms with Gasteiger partial charge in [-0.1, -0.05) is 30.3 Å². The molecule has 0 spiro atoms. The third kappa shape index (κ3) is 3.61. The van der Waals surface area contributed by atoms with Crippen LogP contribution in [0.2, 0.25) is 0 Å². The summed E-state index contributed by atoms with van der Waals surface area (Å²) in [6.07, 6.45) is 2.80. The van der Waals surface area contributed by atoms with E-state index in [2.05, 4.69) is 50.7 Å². The predicted octanol–water partition coefficient (Wildman–Crippen LogP) is 2.04. The van der Waals surface area contributed by atoms with Crippen LogP contribution in [-0.2, 0) is 12.8 Å².